The summed E-state index contributed by atoms with van der Waals surface area (Å²) in [5.74, 6) is 1.94. The first-order valence-electron chi connectivity index (χ1n) is 7.49. The topological polar surface area (TPSA) is 47.0 Å². The first kappa shape index (κ1) is 12.1. The molecule has 0 amide bonds. The van der Waals surface area contributed by atoms with Crippen LogP contribution in [-0.2, 0) is 0 Å². The van der Waals surface area contributed by atoms with Crippen LogP contribution in [0.5, 0.6) is 5.88 Å². The zero-order valence-electron chi connectivity index (χ0n) is 11.7. The highest BCUT2D eigenvalue weighted by Crippen LogP contribution is 2.44. The molecule has 1 saturated heterocycles. The van der Waals surface area contributed by atoms with Crippen LogP contribution in [0.15, 0.2) is 18.3 Å². The molecule has 1 aliphatic carbocycles. The normalized spacial score (nSPS) is 23.9. The Morgan fingerprint density at radius 2 is 1.95 bits per heavy atom. The third-order valence-electron chi connectivity index (χ3n) is 4.41. The molecule has 2 heterocycles. The predicted octanol–water partition coefficient (Wildman–Crippen LogP) is 2.59. The van der Waals surface area contributed by atoms with Crippen LogP contribution in [0, 0.1) is 0 Å². The van der Waals surface area contributed by atoms with Gasteiger partial charge in [-0.05, 0) is 47.9 Å². The number of aromatic nitrogens is 2. The van der Waals surface area contributed by atoms with Gasteiger partial charge in [-0.25, -0.2) is 9.97 Å². The molecular formula is C16H19N3O. The Morgan fingerprint density at radius 1 is 1.20 bits per heavy atom. The molecule has 2 aliphatic rings. The zero-order valence-corrected chi connectivity index (χ0v) is 11.7. The Hall–Kier alpha value is -1.68. The average molecular weight is 269 g/mol. The Bertz CT molecular complexity index is 655. The molecule has 1 aromatic heterocycles. The molecule has 104 valence electrons. The van der Waals surface area contributed by atoms with Crippen molar-refractivity contribution in [1.82, 2.24) is 15.3 Å². The highest BCUT2D eigenvalue weighted by molar-refractivity contribution is 5.77. The van der Waals surface area contributed by atoms with Crippen LogP contribution >= 0.6 is 0 Å². The van der Waals surface area contributed by atoms with Crippen molar-refractivity contribution in [3.05, 3.63) is 29.5 Å². The van der Waals surface area contributed by atoms with Crippen molar-refractivity contribution in [3.8, 4) is 5.88 Å². The number of fused-ring (bicyclic) bond motifs is 6. The maximum Gasteiger partial charge on any atom is 0.232 e. The zero-order chi connectivity index (χ0) is 13.5. The number of rotatable bonds is 3. The molecule has 2 atom stereocenters. The standard InChI is InChI=1S/C16H19N3O/c1-2-3-20-16-9-18-14-5-12-10-4-11(8-17-7-10)13(12)6-15(14)19-16/h5-6,9-11,17H,2-4,7-8H2,1H3. The SMILES string of the molecule is CCCOc1cnc2cc3c(cc2n1)C1CNCC3C1. The summed E-state index contributed by atoms with van der Waals surface area (Å²) in [7, 11) is 0. The molecule has 4 nitrogen and oxygen atoms in total. The first-order chi connectivity index (χ1) is 9.85. The van der Waals surface area contributed by atoms with E-state index >= 15 is 0 Å². The summed E-state index contributed by atoms with van der Waals surface area (Å²) in [4.78, 5) is 9.12. The quantitative estimate of drug-likeness (QED) is 0.930. The lowest BCUT2D eigenvalue weighted by Crippen LogP contribution is -2.28. The first-order valence-corrected chi connectivity index (χ1v) is 7.49. The minimum absolute atomic E-state index is 0.637. The fourth-order valence-corrected chi connectivity index (χ4v) is 3.47. The Kier molecular flexibility index (Phi) is 2.84. The van der Waals surface area contributed by atoms with Crippen molar-refractivity contribution < 1.29 is 4.74 Å². The van der Waals surface area contributed by atoms with Crippen LogP contribution in [0.4, 0.5) is 0 Å². The summed E-state index contributed by atoms with van der Waals surface area (Å²) in [6.45, 7) is 4.98. The van der Waals surface area contributed by atoms with Crippen LogP contribution in [-0.4, -0.2) is 29.7 Å². The van der Waals surface area contributed by atoms with Gasteiger partial charge in [-0.1, -0.05) is 6.92 Å². The van der Waals surface area contributed by atoms with E-state index in [2.05, 4.69) is 34.3 Å². The lowest BCUT2D eigenvalue weighted by molar-refractivity contribution is 0.305. The van der Waals surface area contributed by atoms with E-state index in [9.17, 15) is 0 Å². The van der Waals surface area contributed by atoms with Crippen LogP contribution in [0.2, 0.25) is 0 Å². The Morgan fingerprint density at radius 3 is 2.70 bits per heavy atom. The molecule has 2 unspecified atom stereocenters. The summed E-state index contributed by atoms with van der Waals surface area (Å²) in [6.07, 6.45) is 4.00. The number of hydrogen-bond donors (Lipinski definition) is 1. The lowest BCUT2D eigenvalue weighted by Gasteiger charge is -2.19. The molecule has 4 heteroatoms. The van der Waals surface area contributed by atoms with Gasteiger partial charge in [0.2, 0.25) is 5.88 Å². The monoisotopic (exact) mass is 269 g/mol. The van der Waals surface area contributed by atoms with Crippen LogP contribution in [0.3, 0.4) is 0 Å². The summed E-state index contributed by atoms with van der Waals surface area (Å²) in [5.41, 5.74) is 4.89. The number of benzene rings is 1. The molecule has 1 aliphatic heterocycles. The molecule has 0 spiro atoms. The lowest BCUT2D eigenvalue weighted by atomic mass is 9.98. The molecule has 0 radical (unpaired) electrons. The van der Waals surface area contributed by atoms with Gasteiger partial charge in [0.15, 0.2) is 0 Å². The maximum atomic E-state index is 5.58. The largest absolute Gasteiger partial charge is 0.477 e. The van der Waals surface area contributed by atoms with Gasteiger partial charge in [-0.15, -0.1) is 0 Å². The number of nitrogens with zero attached hydrogens (tertiary/aromatic N) is 2. The fourth-order valence-electron chi connectivity index (χ4n) is 3.47. The van der Waals surface area contributed by atoms with Gasteiger partial charge in [0, 0.05) is 13.1 Å². The van der Waals surface area contributed by atoms with Crippen molar-refractivity contribution in [2.75, 3.05) is 19.7 Å². The van der Waals surface area contributed by atoms with Gasteiger partial charge in [0.05, 0.1) is 23.8 Å². The second-order valence-corrected chi connectivity index (χ2v) is 5.81. The molecular weight excluding hydrogens is 250 g/mol. The highest BCUT2D eigenvalue weighted by atomic mass is 16.5. The number of ether oxygens (including phenoxy) is 1. The minimum atomic E-state index is 0.637. The summed E-state index contributed by atoms with van der Waals surface area (Å²) < 4.78 is 5.58. The van der Waals surface area contributed by atoms with E-state index < -0.39 is 0 Å². The third-order valence-corrected chi connectivity index (χ3v) is 4.41. The molecule has 1 aromatic carbocycles. The predicted molar refractivity (Wildman–Crippen MR) is 78.3 cm³/mol. The number of nitrogens with one attached hydrogen (secondary N) is 1. The van der Waals surface area contributed by atoms with E-state index in [1.54, 1.807) is 6.20 Å². The van der Waals surface area contributed by atoms with E-state index in [0.29, 0.717) is 24.3 Å². The van der Waals surface area contributed by atoms with Crippen molar-refractivity contribution in [2.24, 2.45) is 0 Å². The molecule has 2 bridgehead atoms. The van der Waals surface area contributed by atoms with E-state index in [1.165, 1.54) is 17.5 Å². The smallest absolute Gasteiger partial charge is 0.232 e. The second kappa shape index (κ2) is 4.70. The summed E-state index contributed by atoms with van der Waals surface area (Å²) in [5, 5.41) is 3.52. The average Bonchev–Trinajstić information content (AvgIpc) is 2.73. The summed E-state index contributed by atoms with van der Waals surface area (Å²) in [6, 6.07) is 4.47. The van der Waals surface area contributed by atoms with Gasteiger partial charge in [-0.3, -0.25) is 0 Å². The van der Waals surface area contributed by atoms with Gasteiger partial charge in [-0.2, -0.15) is 0 Å². The molecule has 1 N–H and O–H groups in total. The van der Waals surface area contributed by atoms with Crippen LogP contribution in [0.25, 0.3) is 11.0 Å². The van der Waals surface area contributed by atoms with Crippen LogP contribution in [0.1, 0.15) is 42.7 Å². The molecule has 2 aromatic rings. The van der Waals surface area contributed by atoms with E-state index in [-0.39, 0.29) is 0 Å². The van der Waals surface area contributed by atoms with E-state index in [0.717, 1.165) is 30.5 Å². The van der Waals surface area contributed by atoms with Crippen molar-refractivity contribution in [1.29, 1.82) is 0 Å². The maximum absolute atomic E-state index is 5.58. The molecule has 20 heavy (non-hydrogen) atoms. The molecule has 0 saturated carbocycles. The number of hydrogen-bond acceptors (Lipinski definition) is 4. The molecule has 4 rings (SSSR count). The Balaban J connectivity index is 1.78. The van der Waals surface area contributed by atoms with Crippen molar-refractivity contribution in [2.45, 2.75) is 31.6 Å². The Labute approximate surface area is 118 Å². The second-order valence-electron chi connectivity index (χ2n) is 5.81. The summed E-state index contributed by atoms with van der Waals surface area (Å²) >= 11 is 0. The third kappa shape index (κ3) is 1.86. The van der Waals surface area contributed by atoms with Crippen LogP contribution < -0.4 is 10.1 Å². The minimum Gasteiger partial charge on any atom is -0.477 e. The van der Waals surface area contributed by atoms with Crippen molar-refractivity contribution in [3.63, 3.8) is 0 Å². The highest BCUT2D eigenvalue weighted by Gasteiger charge is 2.34. The molecule has 1 fully saturated rings. The van der Waals surface area contributed by atoms with E-state index in [4.69, 9.17) is 4.74 Å². The van der Waals surface area contributed by atoms with Gasteiger partial charge in [0.1, 0.15) is 0 Å². The van der Waals surface area contributed by atoms with E-state index in [1.807, 2.05) is 0 Å². The van der Waals surface area contributed by atoms with Gasteiger partial charge >= 0.3 is 0 Å². The fraction of sp³-hybridized carbons (Fsp3) is 0.500. The van der Waals surface area contributed by atoms with Gasteiger partial charge in [0.25, 0.3) is 0 Å². The number of piperidine rings is 1. The van der Waals surface area contributed by atoms with Crippen molar-refractivity contribution >= 4 is 11.0 Å². The van der Waals surface area contributed by atoms with Gasteiger partial charge < -0.3 is 10.1 Å².